The summed E-state index contributed by atoms with van der Waals surface area (Å²) < 4.78 is 34.5. The molecule has 2 aromatic rings. The number of benzene rings is 2. The summed E-state index contributed by atoms with van der Waals surface area (Å²) in [5.74, 6) is -0.0873. The summed E-state index contributed by atoms with van der Waals surface area (Å²) in [7, 11) is -3.89. The topological polar surface area (TPSA) is 83.9 Å². The molecule has 1 aliphatic rings. The van der Waals surface area contributed by atoms with E-state index in [4.69, 9.17) is 4.74 Å². The highest BCUT2D eigenvalue weighted by Crippen LogP contribution is 2.42. The van der Waals surface area contributed by atoms with Crippen LogP contribution >= 0.6 is 11.8 Å². The first-order chi connectivity index (χ1) is 16.8. The van der Waals surface area contributed by atoms with Crippen molar-refractivity contribution in [1.82, 2.24) is 4.31 Å². The molecule has 6 nitrogen and oxygen atoms in total. The second kappa shape index (κ2) is 12.8. The summed E-state index contributed by atoms with van der Waals surface area (Å²) in [6, 6.07) is 13.8. The van der Waals surface area contributed by atoms with Gasteiger partial charge in [0.15, 0.2) is 0 Å². The average Bonchev–Trinajstić information content (AvgIpc) is 2.84. The molecule has 0 aromatic heterocycles. The van der Waals surface area contributed by atoms with Crippen LogP contribution in [0.15, 0.2) is 53.4 Å². The summed E-state index contributed by atoms with van der Waals surface area (Å²) in [4.78, 5) is 12.5. The van der Waals surface area contributed by atoms with Crippen molar-refractivity contribution in [3.05, 3.63) is 59.7 Å². The van der Waals surface area contributed by atoms with Gasteiger partial charge < -0.3 is 9.84 Å². The predicted molar refractivity (Wildman–Crippen MR) is 142 cm³/mol. The number of aliphatic carboxylic acids is 1. The maximum Gasteiger partial charge on any atom is 0.308 e. The molecule has 1 N–H and O–H groups in total. The van der Waals surface area contributed by atoms with Crippen LogP contribution in [0.2, 0.25) is 0 Å². The van der Waals surface area contributed by atoms with Gasteiger partial charge >= 0.3 is 5.97 Å². The number of carboxylic acids is 1. The van der Waals surface area contributed by atoms with Gasteiger partial charge in [0.2, 0.25) is 10.0 Å². The van der Waals surface area contributed by atoms with E-state index < -0.39 is 28.0 Å². The van der Waals surface area contributed by atoms with Gasteiger partial charge in [-0.05, 0) is 62.3 Å². The van der Waals surface area contributed by atoms with Gasteiger partial charge in [0.1, 0.15) is 5.75 Å². The van der Waals surface area contributed by atoms with Crippen LogP contribution in [0.5, 0.6) is 5.75 Å². The van der Waals surface area contributed by atoms with Gasteiger partial charge in [-0.3, -0.25) is 4.79 Å². The third-order valence-electron chi connectivity index (χ3n) is 6.48. The zero-order valence-electron chi connectivity index (χ0n) is 20.9. The van der Waals surface area contributed by atoms with E-state index in [0.29, 0.717) is 13.0 Å². The van der Waals surface area contributed by atoms with Gasteiger partial charge in [0.05, 0.1) is 23.5 Å². The lowest BCUT2D eigenvalue weighted by molar-refractivity contribution is -0.143. The van der Waals surface area contributed by atoms with Crippen LogP contribution in [0.3, 0.4) is 0 Å². The fraction of sp³-hybridized carbons (Fsp3) is 0.519. The van der Waals surface area contributed by atoms with Crippen molar-refractivity contribution in [3.8, 4) is 5.75 Å². The molecular formula is C27H37NO5S2. The third-order valence-corrected chi connectivity index (χ3v) is 9.84. The van der Waals surface area contributed by atoms with E-state index in [9.17, 15) is 18.3 Å². The molecule has 192 valence electrons. The highest BCUT2D eigenvalue weighted by atomic mass is 32.2. The lowest BCUT2D eigenvalue weighted by atomic mass is 9.90. The van der Waals surface area contributed by atoms with Crippen LogP contribution < -0.4 is 4.74 Å². The van der Waals surface area contributed by atoms with Gasteiger partial charge in [-0.15, -0.1) is 0 Å². The van der Waals surface area contributed by atoms with E-state index >= 15 is 0 Å². The number of carboxylic acid groups (broad SMARTS) is 1. The average molecular weight is 520 g/mol. The smallest absolute Gasteiger partial charge is 0.308 e. The van der Waals surface area contributed by atoms with Gasteiger partial charge in [-0.25, -0.2) is 8.42 Å². The van der Waals surface area contributed by atoms with Crippen LogP contribution in [-0.2, 0) is 14.8 Å². The molecule has 0 radical (unpaired) electrons. The Morgan fingerprint density at radius 2 is 1.74 bits per heavy atom. The first-order valence-corrected chi connectivity index (χ1v) is 14.9. The molecule has 0 aliphatic carbocycles. The molecule has 1 fully saturated rings. The lowest BCUT2D eigenvalue weighted by Crippen LogP contribution is -2.49. The Kier molecular flexibility index (Phi) is 10.1. The van der Waals surface area contributed by atoms with Crippen molar-refractivity contribution in [3.63, 3.8) is 0 Å². The number of rotatable bonds is 12. The molecule has 1 saturated heterocycles. The SMILES string of the molecule is CCCCCCS[C@@H]1C[C@@H](c2ccc(OCC)cc2)N(S(=O)(=O)c2ccc(C)cc2)C[C@H]1C(=O)O. The fourth-order valence-electron chi connectivity index (χ4n) is 4.49. The van der Waals surface area contributed by atoms with Crippen LogP contribution in [0.4, 0.5) is 0 Å². The standard InChI is InChI=1S/C27H37NO5S2/c1-4-6-7-8-17-34-26-18-25(21-11-13-22(14-12-21)33-5-2)28(19-24(26)27(29)30)35(31,32)23-15-9-20(3)10-16-23/h9-16,24-26H,4-8,17-19H2,1-3H3,(H,29,30)/t24-,25+,26-/m1/s1. The second-order valence-electron chi connectivity index (χ2n) is 9.06. The Morgan fingerprint density at radius 1 is 1.06 bits per heavy atom. The molecule has 35 heavy (non-hydrogen) atoms. The van der Waals surface area contributed by atoms with Crippen molar-refractivity contribution in [2.24, 2.45) is 5.92 Å². The Hall–Kier alpha value is -2.03. The Bertz CT molecular complexity index is 1050. The van der Waals surface area contributed by atoms with Crippen LogP contribution in [0.25, 0.3) is 0 Å². The van der Waals surface area contributed by atoms with Crippen molar-refractivity contribution in [1.29, 1.82) is 0 Å². The molecule has 0 saturated carbocycles. The maximum atomic E-state index is 13.8. The highest BCUT2D eigenvalue weighted by Gasteiger charge is 2.45. The van der Waals surface area contributed by atoms with Crippen LogP contribution in [-0.4, -0.2) is 48.0 Å². The summed E-state index contributed by atoms with van der Waals surface area (Å²) in [5.41, 5.74) is 1.82. The number of piperidine rings is 1. The zero-order chi connectivity index (χ0) is 25.4. The molecule has 3 atom stereocenters. The summed E-state index contributed by atoms with van der Waals surface area (Å²) in [6.07, 6.45) is 4.95. The number of nitrogens with zero attached hydrogens (tertiary/aromatic N) is 1. The van der Waals surface area contributed by atoms with E-state index in [1.54, 1.807) is 36.0 Å². The molecule has 8 heteroatoms. The highest BCUT2D eigenvalue weighted by molar-refractivity contribution is 7.99. The minimum Gasteiger partial charge on any atom is -0.494 e. The van der Waals surface area contributed by atoms with E-state index in [-0.39, 0.29) is 16.7 Å². The number of carbonyl (C=O) groups is 1. The number of aryl methyl sites for hydroxylation is 1. The minimum absolute atomic E-state index is 0.0456. The number of ether oxygens (including phenoxy) is 1. The van der Waals surface area contributed by atoms with E-state index in [0.717, 1.165) is 41.9 Å². The van der Waals surface area contributed by atoms with Crippen LogP contribution in [0, 0.1) is 12.8 Å². The number of hydrogen-bond acceptors (Lipinski definition) is 5. The fourth-order valence-corrected chi connectivity index (χ4v) is 7.57. The van der Waals surface area contributed by atoms with Crippen molar-refractivity contribution in [2.75, 3.05) is 18.9 Å². The number of hydrogen-bond donors (Lipinski definition) is 1. The summed E-state index contributed by atoms with van der Waals surface area (Å²) in [6.45, 7) is 6.49. The number of unbranched alkanes of at least 4 members (excludes halogenated alkanes) is 3. The zero-order valence-corrected chi connectivity index (χ0v) is 22.5. The molecule has 1 aliphatic heterocycles. The van der Waals surface area contributed by atoms with Gasteiger partial charge in [0, 0.05) is 11.8 Å². The van der Waals surface area contributed by atoms with Gasteiger partial charge in [-0.2, -0.15) is 16.1 Å². The number of sulfonamides is 1. The Balaban J connectivity index is 1.94. The Labute approximate surface area is 214 Å². The molecule has 0 spiro atoms. The van der Waals surface area contributed by atoms with Crippen LogP contribution in [0.1, 0.15) is 63.1 Å². The molecule has 1 heterocycles. The largest absolute Gasteiger partial charge is 0.494 e. The first kappa shape index (κ1) is 27.6. The summed E-state index contributed by atoms with van der Waals surface area (Å²) in [5, 5.41) is 9.88. The van der Waals surface area contributed by atoms with E-state index in [2.05, 4.69) is 6.92 Å². The second-order valence-corrected chi connectivity index (χ2v) is 12.3. The van der Waals surface area contributed by atoms with Crippen molar-refractivity contribution >= 4 is 27.8 Å². The molecule has 2 aromatic carbocycles. The van der Waals surface area contributed by atoms with E-state index in [1.807, 2.05) is 38.1 Å². The number of thioether (sulfide) groups is 1. The van der Waals surface area contributed by atoms with Crippen molar-refractivity contribution in [2.45, 2.75) is 69.1 Å². The van der Waals surface area contributed by atoms with E-state index in [1.165, 1.54) is 10.7 Å². The van der Waals surface area contributed by atoms with Gasteiger partial charge in [0.25, 0.3) is 0 Å². The maximum absolute atomic E-state index is 13.8. The molecule has 3 rings (SSSR count). The Morgan fingerprint density at radius 3 is 2.34 bits per heavy atom. The predicted octanol–water partition coefficient (Wildman–Crippen LogP) is 5.91. The monoisotopic (exact) mass is 519 g/mol. The van der Waals surface area contributed by atoms with Gasteiger partial charge in [-0.1, -0.05) is 56.0 Å². The normalized spacial score (nSPS) is 21.1. The molecule has 0 bridgehead atoms. The molecule has 0 amide bonds. The lowest BCUT2D eigenvalue weighted by Gasteiger charge is -2.41. The quantitative estimate of drug-likeness (QED) is 0.351. The summed E-state index contributed by atoms with van der Waals surface area (Å²) >= 11 is 1.68. The third kappa shape index (κ3) is 7.02. The molecular weight excluding hydrogens is 482 g/mol. The minimum atomic E-state index is -3.89. The van der Waals surface area contributed by atoms with Crippen molar-refractivity contribution < 1.29 is 23.1 Å². The first-order valence-electron chi connectivity index (χ1n) is 12.4. The molecule has 0 unspecified atom stereocenters.